The van der Waals surface area contributed by atoms with Crippen LogP contribution in [0.1, 0.15) is 10.4 Å². The summed E-state index contributed by atoms with van der Waals surface area (Å²) in [5.74, 6) is 1.28. The van der Waals surface area contributed by atoms with Gasteiger partial charge >= 0.3 is 0 Å². The van der Waals surface area contributed by atoms with E-state index in [0.717, 1.165) is 13.1 Å². The first-order valence-corrected chi connectivity index (χ1v) is 7.27. The number of benzene rings is 1. The van der Waals surface area contributed by atoms with E-state index < -0.39 is 0 Å². The van der Waals surface area contributed by atoms with E-state index in [4.69, 9.17) is 4.74 Å². The van der Waals surface area contributed by atoms with Crippen LogP contribution in [0.2, 0.25) is 0 Å². The molecule has 0 unspecified atom stereocenters. The molecule has 2 aromatic rings. The minimum absolute atomic E-state index is 0.287. The minimum atomic E-state index is -0.287. The van der Waals surface area contributed by atoms with Gasteiger partial charge in [0.05, 0.1) is 12.7 Å². The van der Waals surface area contributed by atoms with E-state index in [9.17, 15) is 4.79 Å². The van der Waals surface area contributed by atoms with Gasteiger partial charge in [-0.05, 0) is 38.4 Å². The maximum atomic E-state index is 12.2. The lowest BCUT2D eigenvalue weighted by Crippen LogP contribution is -2.21. The summed E-state index contributed by atoms with van der Waals surface area (Å²) in [5, 5.41) is 13.9. The zero-order valence-corrected chi connectivity index (χ0v) is 13.5. The third-order valence-electron chi connectivity index (χ3n) is 3.12. The molecule has 1 heterocycles. The molecule has 1 aromatic carbocycles. The van der Waals surface area contributed by atoms with Crippen molar-refractivity contribution in [2.24, 2.45) is 0 Å². The molecular formula is C16H21N5O2. The molecule has 0 aliphatic heterocycles. The van der Waals surface area contributed by atoms with E-state index in [0.29, 0.717) is 22.9 Å². The highest BCUT2D eigenvalue weighted by Gasteiger charge is 2.12. The Morgan fingerprint density at radius 2 is 1.83 bits per heavy atom. The molecule has 23 heavy (non-hydrogen) atoms. The predicted molar refractivity (Wildman–Crippen MR) is 90.0 cm³/mol. The topological polar surface area (TPSA) is 79.4 Å². The summed E-state index contributed by atoms with van der Waals surface area (Å²) < 4.78 is 5.18. The molecule has 0 aliphatic rings. The first-order valence-electron chi connectivity index (χ1n) is 7.27. The molecule has 0 saturated carbocycles. The number of nitrogens with zero attached hydrogens (tertiary/aromatic N) is 3. The maximum absolute atomic E-state index is 12.2. The number of ether oxygens (including phenoxy) is 1. The van der Waals surface area contributed by atoms with Gasteiger partial charge in [0.25, 0.3) is 5.91 Å². The molecule has 1 aromatic heterocycles. The van der Waals surface area contributed by atoms with E-state index >= 15 is 0 Å². The minimum Gasteiger partial charge on any atom is -0.496 e. The molecule has 2 N–H and O–H groups in total. The first kappa shape index (κ1) is 16.7. The molecular weight excluding hydrogens is 294 g/mol. The van der Waals surface area contributed by atoms with E-state index in [1.807, 2.05) is 20.2 Å². The molecule has 0 bridgehead atoms. The number of amides is 1. The number of methoxy groups -OCH3 is 1. The van der Waals surface area contributed by atoms with Crippen LogP contribution in [-0.4, -0.2) is 55.3 Å². The van der Waals surface area contributed by atoms with Crippen LogP contribution in [0.3, 0.4) is 0 Å². The molecule has 7 nitrogen and oxygen atoms in total. The number of nitrogens with one attached hydrogen (secondary N) is 2. The van der Waals surface area contributed by atoms with Crippen LogP contribution >= 0.6 is 0 Å². The zero-order chi connectivity index (χ0) is 16.7. The Labute approximate surface area is 135 Å². The van der Waals surface area contributed by atoms with Crippen molar-refractivity contribution in [3.8, 4) is 5.75 Å². The molecule has 0 atom stereocenters. The third kappa shape index (κ3) is 4.93. The summed E-state index contributed by atoms with van der Waals surface area (Å²) in [6.45, 7) is 1.67. The summed E-state index contributed by atoms with van der Waals surface area (Å²) in [4.78, 5) is 14.3. The Kier molecular flexibility index (Phi) is 5.87. The van der Waals surface area contributed by atoms with Gasteiger partial charge in [-0.1, -0.05) is 12.1 Å². The summed E-state index contributed by atoms with van der Waals surface area (Å²) in [6, 6.07) is 10.5. The highest BCUT2D eigenvalue weighted by Crippen LogP contribution is 2.18. The van der Waals surface area contributed by atoms with Gasteiger partial charge < -0.3 is 20.3 Å². The van der Waals surface area contributed by atoms with Crippen molar-refractivity contribution < 1.29 is 9.53 Å². The average Bonchev–Trinajstić information content (AvgIpc) is 2.56. The van der Waals surface area contributed by atoms with Crippen molar-refractivity contribution in [1.29, 1.82) is 0 Å². The van der Waals surface area contributed by atoms with E-state index in [2.05, 4.69) is 25.7 Å². The summed E-state index contributed by atoms with van der Waals surface area (Å²) >= 11 is 0. The fourth-order valence-electron chi connectivity index (χ4n) is 1.92. The Balaban J connectivity index is 1.96. The highest BCUT2D eigenvalue weighted by molar-refractivity contribution is 6.05. The van der Waals surface area contributed by atoms with E-state index in [-0.39, 0.29) is 5.91 Å². The number of hydrogen-bond donors (Lipinski definition) is 2. The van der Waals surface area contributed by atoms with Gasteiger partial charge in [0.2, 0.25) is 0 Å². The summed E-state index contributed by atoms with van der Waals surface area (Å²) in [7, 11) is 5.54. The van der Waals surface area contributed by atoms with Crippen LogP contribution in [0, 0.1) is 0 Å². The molecule has 0 saturated heterocycles. The number of rotatable bonds is 7. The normalized spacial score (nSPS) is 10.4. The van der Waals surface area contributed by atoms with Gasteiger partial charge in [-0.3, -0.25) is 4.79 Å². The Bertz CT molecular complexity index is 643. The number of carbonyl (C=O) groups is 1. The average molecular weight is 315 g/mol. The van der Waals surface area contributed by atoms with Crippen LogP contribution in [0.25, 0.3) is 0 Å². The van der Waals surface area contributed by atoms with Gasteiger partial charge in [-0.25, -0.2) is 0 Å². The number of carbonyl (C=O) groups excluding carboxylic acids is 1. The Morgan fingerprint density at radius 3 is 2.48 bits per heavy atom. The second-order valence-electron chi connectivity index (χ2n) is 5.19. The number of anilines is 2. The number of aromatic nitrogens is 2. The van der Waals surface area contributed by atoms with Gasteiger partial charge in [0.15, 0.2) is 5.82 Å². The molecule has 0 aliphatic carbocycles. The van der Waals surface area contributed by atoms with Crippen molar-refractivity contribution in [3.05, 3.63) is 42.0 Å². The van der Waals surface area contributed by atoms with E-state index in [1.165, 1.54) is 7.11 Å². The summed E-state index contributed by atoms with van der Waals surface area (Å²) in [5.41, 5.74) is 0.449. The molecule has 0 spiro atoms. The van der Waals surface area contributed by atoms with Crippen molar-refractivity contribution in [1.82, 2.24) is 15.1 Å². The van der Waals surface area contributed by atoms with Crippen LogP contribution in [-0.2, 0) is 0 Å². The maximum Gasteiger partial charge on any atom is 0.260 e. The lowest BCUT2D eigenvalue weighted by Gasteiger charge is -2.11. The van der Waals surface area contributed by atoms with Crippen LogP contribution in [0.5, 0.6) is 5.75 Å². The molecule has 7 heteroatoms. The quantitative estimate of drug-likeness (QED) is 0.810. The lowest BCUT2D eigenvalue weighted by atomic mass is 10.2. The fourth-order valence-corrected chi connectivity index (χ4v) is 1.92. The molecule has 0 fully saturated rings. The molecule has 2 rings (SSSR count). The highest BCUT2D eigenvalue weighted by atomic mass is 16.5. The van der Waals surface area contributed by atoms with E-state index in [1.54, 1.807) is 30.3 Å². The van der Waals surface area contributed by atoms with Crippen molar-refractivity contribution in [2.45, 2.75) is 0 Å². The lowest BCUT2D eigenvalue weighted by molar-refractivity contribution is 0.102. The largest absolute Gasteiger partial charge is 0.496 e. The van der Waals surface area contributed by atoms with Gasteiger partial charge in [-0.2, -0.15) is 0 Å². The second-order valence-corrected chi connectivity index (χ2v) is 5.19. The van der Waals surface area contributed by atoms with Crippen LogP contribution in [0.4, 0.5) is 11.6 Å². The van der Waals surface area contributed by atoms with Crippen LogP contribution in [0.15, 0.2) is 36.4 Å². The smallest absolute Gasteiger partial charge is 0.260 e. The SMILES string of the molecule is COc1ccccc1C(=O)Nc1ccc(NCCN(C)C)nn1. The van der Waals surface area contributed by atoms with Gasteiger partial charge in [0, 0.05) is 13.1 Å². The number of likely N-dealkylation sites (N-methyl/N-ethyl adjacent to an activating group) is 1. The van der Waals surface area contributed by atoms with Gasteiger partial charge in [0.1, 0.15) is 11.6 Å². The predicted octanol–water partition coefficient (Wildman–Crippen LogP) is 1.71. The monoisotopic (exact) mass is 315 g/mol. The van der Waals surface area contributed by atoms with Gasteiger partial charge in [-0.15, -0.1) is 10.2 Å². The molecule has 1 amide bonds. The summed E-state index contributed by atoms with van der Waals surface area (Å²) in [6.07, 6.45) is 0. The zero-order valence-electron chi connectivity index (χ0n) is 13.5. The third-order valence-corrected chi connectivity index (χ3v) is 3.12. The molecule has 122 valence electrons. The van der Waals surface area contributed by atoms with Crippen LogP contribution < -0.4 is 15.4 Å². The fraction of sp³-hybridized carbons (Fsp3) is 0.312. The Hall–Kier alpha value is -2.67. The second kappa shape index (κ2) is 8.09. The Morgan fingerprint density at radius 1 is 1.13 bits per heavy atom. The number of para-hydroxylation sites is 1. The van der Waals surface area contributed by atoms with Crippen molar-refractivity contribution in [2.75, 3.05) is 44.9 Å². The standard InChI is InChI=1S/C16H21N5O2/c1-21(2)11-10-17-14-8-9-15(20-19-14)18-16(22)12-6-4-5-7-13(12)23-3/h4-9H,10-11H2,1-3H3,(H,17,19)(H,18,20,22). The first-order chi connectivity index (χ1) is 11.1. The number of hydrogen-bond acceptors (Lipinski definition) is 6. The van der Waals surface area contributed by atoms with Crippen molar-refractivity contribution >= 4 is 17.5 Å². The molecule has 0 radical (unpaired) electrons. The van der Waals surface area contributed by atoms with Crippen molar-refractivity contribution in [3.63, 3.8) is 0 Å².